The molecule has 6 aromatic carbocycles. The Morgan fingerprint density at radius 1 is 0.391 bits per heavy atom. The fourth-order valence-corrected chi connectivity index (χ4v) is 9.01. The minimum Gasteiger partial charge on any atom is -0.308 e. The fourth-order valence-electron chi connectivity index (χ4n) is 9.01. The number of nitrogens with zero attached hydrogens (tertiary/aromatic N) is 3. The number of hydrogen-bond donors (Lipinski definition) is 0. The average molecular weight is 870 g/mol. The van der Waals surface area contributed by atoms with E-state index in [2.05, 4.69) is 113 Å². The highest BCUT2D eigenvalue weighted by atomic mass is 19.4. The maximum atomic E-state index is 15.6. The van der Waals surface area contributed by atoms with Crippen LogP contribution in [0.3, 0.4) is 0 Å². The summed E-state index contributed by atoms with van der Waals surface area (Å²) in [6, 6.07) is 30.9. The van der Waals surface area contributed by atoms with Gasteiger partial charge in [0, 0.05) is 32.7 Å². The van der Waals surface area contributed by atoms with E-state index in [1.807, 2.05) is 48.5 Å². The number of aromatic nitrogens is 2. The third-order valence-corrected chi connectivity index (χ3v) is 12.6. The summed E-state index contributed by atoms with van der Waals surface area (Å²) in [5, 5.41) is 14.0. The highest BCUT2D eigenvalue weighted by Gasteiger charge is 2.43. The molecule has 0 saturated carbocycles. The Hall–Kier alpha value is -6.01. The van der Waals surface area contributed by atoms with Gasteiger partial charge < -0.3 is 9.13 Å². The summed E-state index contributed by atoms with van der Waals surface area (Å²) < 4.78 is 97.1. The molecule has 2 heterocycles. The number of rotatable bonds is 3. The summed E-state index contributed by atoms with van der Waals surface area (Å²) >= 11 is 0. The molecule has 0 unspecified atom stereocenters. The average Bonchev–Trinajstić information content (AvgIpc) is 3.69. The van der Waals surface area contributed by atoms with Crippen LogP contribution in [0, 0.1) is 11.3 Å². The number of fused-ring (bicyclic) bond motifs is 6. The summed E-state index contributed by atoms with van der Waals surface area (Å²) in [4.78, 5) is 0. The third-order valence-electron chi connectivity index (χ3n) is 12.6. The van der Waals surface area contributed by atoms with Gasteiger partial charge in [0.1, 0.15) is 0 Å². The molecule has 0 aliphatic rings. The van der Waals surface area contributed by atoms with Gasteiger partial charge >= 0.3 is 12.4 Å². The maximum absolute atomic E-state index is 15.6. The zero-order valence-corrected chi connectivity index (χ0v) is 38.4. The molecule has 0 saturated heterocycles. The van der Waals surface area contributed by atoms with Crippen molar-refractivity contribution >= 4 is 43.6 Å². The van der Waals surface area contributed by atoms with Crippen LogP contribution in [0.1, 0.15) is 122 Å². The molecule has 0 N–H and O–H groups in total. The molecular formula is C55H53F6N3. The van der Waals surface area contributed by atoms with E-state index >= 15 is 26.3 Å². The van der Waals surface area contributed by atoms with Crippen LogP contribution in [0.4, 0.5) is 26.3 Å². The molecule has 0 radical (unpaired) electrons. The molecule has 0 fully saturated rings. The van der Waals surface area contributed by atoms with Crippen LogP contribution in [-0.4, -0.2) is 9.13 Å². The van der Waals surface area contributed by atoms with Crippen LogP contribution in [0.2, 0.25) is 0 Å². The first kappa shape index (κ1) is 44.6. The number of halogens is 6. The zero-order valence-electron chi connectivity index (χ0n) is 38.4. The summed E-state index contributed by atoms with van der Waals surface area (Å²) in [6.07, 6.45) is -10.4. The van der Waals surface area contributed by atoms with Gasteiger partial charge in [-0.05, 0) is 117 Å². The smallest absolute Gasteiger partial charge is 0.308 e. The van der Waals surface area contributed by atoms with Crippen LogP contribution in [0.25, 0.3) is 66.1 Å². The van der Waals surface area contributed by atoms with E-state index in [0.29, 0.717) is 34.2 Å². The Bertz CT molecular complexity index is 2880. The van der Waals surface area contributed by atoms with E-state index in [1.165, 1.54) is 12.1 Å². The summed E-state index contributed by atoms with van der Waals surface area (Å²) in [6.45, 7) is 25.0. The van der Waals surface area contributed by atoms with Crippen molar-refractivity contribution in [3.05, 3.63) is 142 Å². The Labute approximate surface area is 370 Å². The molecule has 0 amide bonds. The molecule has 9 heteroatoms. The number of hydrogen-bond acceptors (Lipinski definition) is 1. The van der Waals surface area contributed by atoms with E-state index in [0.717, 1.165) is 49.9 Å². The zero-order chi connectivity index (χ0) is 46.9. The van der Waals surface area contributed by atoms with E-state index < -0.39 is 29.0 Å². The second kappa shape index (κ2) is 14.5. The quantitative estimate of drug-likeness (QED) is 0.163. The van der Waals surface area contributed by atoms with Crippen molar-refractivity contribution in [3.63, 3.8) is 0 Å². The fraction of sp³-hybridized carbons (Fsp3) is 0.327. The van der Waals surface area contributed by atoms with Crippen LogP contribution in [0.5, 0.6) is 0 Å². The lowest BCUT2D eigenvalue weighted by molar-refractivity contribution is -0.142. The van der Waals surface area contributed by atoms with Gasteiger partial charge in [0.2, 0.25) is 0 Å². The molecule has 0 aliphatic heterocycles. The summed E-state index contributed by atoms with van der Waals surface area (Å²) in [5.74, 6) is 0. The van der Waals surface area contributed by atoms with Crippen molar-refractivity contribution in [3.8, 4) is 28.6 Å². The monoisotopic (exact) mass is 869 g/mol. The molecule has 0 bridgehead atoms. The van der Waals surface area contributed by atoms with Gasteiger partial charge in [-0.1, -0.05) is 113 Å². The minimum atomic E-state index is -5.20. The first-order valence-electron chi connectivity index (χ1n) is 21.5. The van der Waals surface area contributed by atoms with Gasteiger partial charge in [-0.15, -0.1) is 0 Å². The molecular weight excluding hydrogens is 817 g/mol. The summed E-state index contributed by atoms with van der Waals surface area (Å²) in [7, 11) is 0. The lowest BCUT2D eigenvalue weighted by atomic mass is 9.85. The van der Waals surface area contributed by atoms with Gasteiger partial charge in [-0.3, -0.25) is 0 Å². The molecule has 0 spiro atoms. The molecule has 8 rings (SSSR count). The van der Waals surface area contributed by atoms with E-state index in [-0.39, 0.29) is 44.2 Å². The molecule has 2 aromatic heterocycles. The van der Waals surface area contributed by atoms with Crippen LogP contribution >= 0.6 is 0 Å². The van der Waals surface area contributed by atoms with Gasteiger partial charge in [0.25, 0.3) is 0 Å². The molecule has 330 valence electrons. The van der Waals surface area contributed by atoms with Gasteiger partial charge in [-0.25, -0.2) is 0 Å². The van der Waals surface area contributed by atoms with Crippen molar-refractivity contribution in [1.29, 1.82) is 5.26 Å². The highest BCUT2D eigenvalue weighted by molar-refractivity contribution is 6.13. The number of alkyl halides is 6. The highest BCUT2D eigenvalue weighted by Crippen LogP contribution is 2.51. The Kier molecular flexibility index (Phi) is 10.1. The van der Waals surface area contributed by atoms with Gasteiger partial charge in [0.15, 0.2) is 0 Å². The predicted octanol–water partition coefficient (Wildman–Crippen LogP) is 16.6. The molecule has 64 heavy (non-hydrogen) atoms. The third kappa shape index (κ3) is 7.53. The normalized spacial score (nSPS) is 13.5. The van der Waals surface area contributed by atoms with Crippen molar-refractivity contribution in [2.45, 2.75) is 117 Å². The number of nitriles is 1. The van der Waals surface area contributed by atoms with Crippen LogP contribution < -0.4 is 0 Å². The van der Waals surface area contributed by atoms with Crippen LogP contribution in [0.15, 0.2) is 103 Å². The number of benzene rings is 6. The van der Waals surface area contributed by atoms with Crippen molar-refractivity contribution < 1.29 is 26.3 Å². The van der Waals surface area contributed by atoms with Gasteiger partial charge in [-0.2, -0.15) is 31.6 Å². The SMILES string of the molecule is CC(C)(C)c1ccc2c(c1)c1cc(C(C)(C)C)ccc1n2-c1cc(C#N)cc(-n2c3ccc(C(C)(C)C)cc3c3cc(C(C)(C)C)ccc32)c1-c1c(C(F)(F)F)cccc1C(F)(F)F. The Balaban J connectivity index is 1.67. The molecule has 0 atom stereocenters. The van der Waals surface area contributed by atoms with Crippen molar-refractivity contribution in [1.82, 2.24) is 9.13 Å². The topological polar surface area (TPSA) is 33.6 Å². The first-order chi connectivity index (χ1) is 29.5. The second-order valence-electron chi connectivity index (χ2n) is 21.3. The Morgan fingerprint density at radius 3 is 0.906 bits per heavy atom. The minimum absolute atomic E-state index is 0.0101. The standard InChI is InChI=1S/C55H53F6N3/c1-50(2,3)32-16-20-42-36(26-32)37-27-33(51(4,5)6)17-21-43(37)63(42)46-24-31(30-62)25-47(49(46)48-40(54(56,57)58)14-13-15-41(48)55(59,60)61)64-44-22-18-34(52(7,8)9)28-38(44)39-29-35(53(10,11)12)19-23-45(39)64/h13-29H,1-12H3. The van der Waals surface area contributed by atoms with Gasteiger partial charge in [0.05, 0.1) is 56.2 Å². The largest absolute Gasteiger partial charge is 0.417 e. The van der Waals surface area contributed by atoms with Crippen LogP contribution in [-0.2, 0) is 34.0 Å². The Morgan fingerprint density at radius 2 is 0.672 bits per heavy atom. The molecule has 0 aliphatic carbocycles. The maximum Gasteiger partial charge on any atom is 0.417 e. The van der Waals surface area contributed by atoms with Crippen molar-refractivity contribution in [2.24, 2.45) is 0 Å². The first-order valence-corrected chi connectivity index (χ1v) is 21.5. The van der Waals surface area contributed by atoms with Crippen molar-refractivity contribution in [2.75, 3.05) is 0 Å². The second-order valence-corrected chi connectivity index (χ2v) is 21.3. The predicted molar refractivity (Wildman–Crippen MR) is 250 cm³/mol. The lowest BCUT2D eigenvalue weighted by Crippen LogP contribution is -2.16. The molecule has 3 nitrogen and oxygen atoms in total. The summed E-state index contributed by atoms with van der Waals surface area (Å²) in [5.41, 5.74) is 1.03. The molecule has 8 aromatic rings. The van der Waals surface area contributed by atoms with E-state index in [9.17, 15) is 5.26 Å². The lowest BCUT2D eigenvalue weighted by Gasteiger charge is -2.26. The van der Waals surface area contributed by atoms with E-state index in [4.69, 9.17) is 0 Å². The van der Waals surface area contributed by atoms with E-state index in [1.54, 1.807) is 9.13 Å².